The molecule has 0 saturated heterocycles. The zero-order valence-electron chi connectivity index (χ0n) is 18.0. The monoisotopic (exact) mass is 460 g/mol. The van der Waals surface area contributed by atoms with Gasteiger partial charge in [0.05, 0.1) is 19.0 Å². The van der Waals surface area contributed by atoms with E-state index >= 15 is 0 Å². The van der Waals surface area contributed by atoms with Crippen LogP contribution >= 0.6 is 0 Å². The van der Waals surface area contributed by atoms with Crippen LogP contribution in [0.4, 0.5) is 0 Å². The van der Waals surface area contributed by atoms with Crippen LogP contribution in [0.15, 0.2) is 42.9 Å². The molecule has 33 heavy (non-hydrogen) atoms. The summed E-state index contributed by atoms with van der Waals surface area (Å²) in [6, 6.07) is 4.83. The van der Waals surface area contributed by atoms with Gasteiger partial charge in [0.25, 0.3) is 0 Å². The summed E-state index contributed by atoms with van der Waals surface area (Å²) in [5.74, 6) is -3.51. The first-order chi connectivity index (χ1) is 15.7. The summed E-state index contributed by atoms with van der Waals surface area (Å²) < 4.78 is 0. The lowest BCUT2D eigenvalue weighted by molar-refractivity contribution is -0.143. The molecule has 178 valence electrons. The highest BCUT2D eigenvalue weighted by molar-refractivity contribution is 5.94. The van der Waals surface area contributed by atoms with E-state index < -0.39 is 47.9 Å². The van der Waals surface area contributed by atoms with Crippen LogP contribution in [0.5, 0.6) is 0 Å². The van der Waals surface area contributed by atoms with Gasteiger partial charge in [0.1, 0.15) is 18.1 Å². The van der Waals surface area contributed by atoms with Gasteiger partial charge in [0.2, 0.25) is 17.7 Å². The molecule has 12 nitrogen and oxygen atoms in total. The number of aliphatic carboxylic acids is 1. The smallest absolute Gasteiger partial charge is 0.326 e. The number of H-pyrrole nitrogens is 1. The average Bonchev–Trinajstić information content (AvgIpc) is 3.29. The number of carbonyl (C=O) groups is 4. The highest BCUT2D eigenvalue weighted by Crippen LogP contribution is 2.06. The summed E-state index contributed by atoms with van der Waals surface area (Å²) >= 11 is 0. The van der Waals surface area contributed by atoms with E-state index in [-0.39, 0.29) is 19.4 Å². The normalized spacial score (nSPS) is 14.4. The van der Waals surface area contributed by atoms with E-state index in [0.717, 1.165) is 0 Å². The van der Waals surface area contributed by atoms with Gasteiger partial charge in [-0.25, -0.2) is 9.78 Å². The number of aromatic amines is 1. The number of rotatable bonds is 12. The van der Waals surface area contributed by atoms with Crippen LogP contribution in [0.2, 0.25) is 0 Å². The second kappa shape index (κ2) is 12.3. The number of benzene rings is 1. The predicted octanol–water partition coefficient (Wildman–Crippen LogP) is -1.93. The highest BCUT2D eigenvalue weighted by Gasteiger charge is 2.32. The van der Waals surface area contributed by atoms with Crippen molar-refractivity contribution < 1.29 is 29.4 Å². The molecule has 1 aromatic heterocycles. The number of hydrogen-bond acceptors (Lipinski definition) is 7. The fourth-order valence-electron chi connectivity index (χ4n) is 3.05. The van der Waals surface area contributed by atoms with Crippen LogP contribution in [0, 0.1) is 0 Å². The molecule has 0 spiro atoms. The third-order valence-corrected chi connectivity index (χ3v) is 4.78. The Kier molecular flexibility index (Phi) is 9.51. The van der Waals surface area contributed by atoms with Gasteiger partial charge in [-0.1, -0.05) is 30.3 Å². The van der Waals surface area contributed by atoms with Gasteiger partial charge in [-0.2, -0.15) is 0 Å². The molecule has 1 aromatic carbocycles. The minimum atomic E-state index is -1.46. The molecular weight excluding hydrogens is 432 g/mol. The maximum absolute atomic E-state index is 12.8. The number of amides is 3. The fraction of sp³-hybridized carbons (Fsp3) is 0.381. The van der Waals surface area contributed by atoms with E-state index in [1.807, 2.05) is 0 Å². The van der Waals surface area contributed by atoms with Gasteiger partial charge in [-0.3, -0.25) is 14.4 Å². The van der Waals surface area contributed by atoms with Crippen LogP contribution < -0.4 is 21.7 Å². The average molecular weight is 460 g/mol. The lowest BCUT2D eigenvalue weighted by Crippen LogP contribution is -2.59. The van der Waals surface area contributed by atoms with Gasteiger partial charge >= 0.3 is 5.97 Å². The third kappa shape index (κ3) is 8.01. The summed E-state index contributed by atoms with van der Waals surface area (Å²) in [4.78, 5) is 55.7. The summed E-state index contributed by atoms with van der Waals surface area (Å²) in [5.41, 5.74) is 6.54. The number of aromatic nitrogens is 2. The highest BCUT2D eigenvalue weighted by atomic mass is 16.4. The van der Waals surface area contributed by atoms with Crippen LogP contribution in [-0.4, -0.2) is 74.6 Å². The van der Waals surface area contributed by atoms with Gasteiger partial charge in [-0.05, 0) is 12.5 Å². The quantitative estimate of drug-likeness (QED) is 0.190. The molecular formula is C21H28N6O6. The minimum absolute atomic E-state index is 0.0113. The Hall–Kier alpha value is -3.77. The topological polar surface area (TPSA) is 200 Å². The number of carboxylic acids is 1. The number of nitrogens with two attached hydrogens (primary N) is 1. The Morgan fingerprint density at radius 2 is 1.73 bits per heavy atom. The zero-order chi connectivity index (χ0) is 24.4. The first-order valence-electron chi connectivity index (χ1n) is 10.2. The standard InChI is InChI=1S/C21H28N6O6/c1-12(28)18(20(31)26-16(21(32)33)7-13-5-3-2-4-6-13)27-19(30)15(25-17(29)9-22)8-14-10-23-11-24-14/h2-6,10-12,15-16,18,28H,7-9,22H2,1H3,(H,23,24)(H,25,29)(H,26,31)(H,27,30)(H,32,33). The van der Waals surface area contributed by atoms with Crippen LogP contribution in [0.25, 0.3) is 0 Å². The minimum Gasteiger partial charge on any atom is -0.480 e. The zero-order valence-corrected chi connectivity index (χ0v) is 18.0. The van der Waals surface area contributed by atoms with Gasteiger partial charge in [0.15, 0.2) is 0 Å². The van der Waals surface area contributed by atoms with Gasteiger partial charge in [-0.15, -0.1) is 0 Å². The van der Waals surface area contributed by atoms with Crippen molar-refractivity contribution >= 4 is 23.7 Å². The Bertz CT molecular complexity index is 934. The van der Waals surface area contributed by atoms with E-state index in [2.05, 4.69) is 25.9 Å². The summed E-state index contributed by atoms with van der Waals surface area (Å²) in [6.45, 7) is 0.923. The first-order valence-corrected chi connectivity index (χ1v) is 10.2. The van der Waals surface area contributed by atoms with E-state index in [1.54, 1.807) is 30.3 Å². The first kappa shape index (κ1) is 25.5. The molecule has 0 fully saturated rings. The maximum Gasteiger partial charge on any atom is 0.326 e. The number of nitrogens with one attached hydrogen (secondary N) is 4. The van der Waals surface area contributed by atoms with E-state index in [9.17, 15) is 29.4 Å². The third-order valence-electron chi connectivity index (χ3n) is 4.78. The molecule has 8 N–H and O–H groups in total. The second-order valence-corrected chi connectivity index (χ2v) is 7.42. The number of imidazole rings is 1. The molecule has 4 atom stereocenters. The molecule has 1 heterocycles. The van der Waals surface area contributed by atoms with Crippen molar-refractivity contribution in [2.24, 2.45) is 5.73 Å². The van der Waals surface area contributed by atoms with E-state index in [0.29, 0.717) is 11.3 Å². The number of hydrogen-bond donors (Lipinski definition) is 7. The molecule has 0 aliphatic heterocycles. The van der Waals surface area contributed by atoms with E-state index in [1.165, 1.54) is 19.4 Å². The fourth-order valence-corrected chi connectivity index (χ4v) is 3.05. The lowest BCUT2D eigenvalue weighted by atomic mass is 10.0. The molecule has 0 saturated carbocycles. The molecule has 3 amide bonds. The number of aliphatic hydroxyl groups excluding tert-OH is 1. The molecule has 0 aliphatic rings. The van der Waals surface area contributed by atoms with Crippen molar-refractivity contribution in [2.75, 3.05) is 6.54 Å². The SMILES string of the molecule is CC(O)C(NC(=O)C(Cc1cnc[nH]1)NC(=O)CN)C(=O)NC(Cc1ccccc1)C(=O)O. The van der Waals surface area contributed by atoms with Gasteiger partial charge in [0, 0.05) is 24.7 Å². The number of aliphatic hydroxyl groups is 1. The Labute approximate surface area is 190 Å². The largest absolute Gasteiger partial charge is 0.480 e. The molecule has 2 rings (SSSR count). The summed E-state index contributed by atoms with van der Waals surface area (Å²) in [7, 11) is 0. The second-order valence-electron chi connectivity index (χ2n) is 7.42. The van der Waals surface area contributed by atoms with Crippen LogP contribution in [-0.2, 0) is 32.0 Å². The molecule has 2 aromatic rings. The number of nitrogens with zero attached hydrogens (tertiary/aromatic N) is 1. The Morgan fingerprint density at radius 1 is 1.03 bits per heavy atom. The lowest BCUT2D eigenvalue weighted by Gasteiger charge is -2.26. The van der Waals surface area contributed by atoms with Crippen molar-refractivity contribution in [1.82, 2.24) is 25.9 Å². The molecule has 4 unspecified atom stereocenters. The maximum atomic E-state index is 12.8. The molecule has 0 radical (unpaired) electrons. The van der Waals surface area contributed by atoms with E-state index in [4.69, 9.17) is 5.73 Å². The molecule has 0 bridgehead atoms. The van der Waals surface area contributed by atoms with Crippen molar-refractivity contribution in [3.05, 3.63) is 54.1 Å². The van der Waals surface area contributed by atoms with Crippen molar-refractivity contribution in [3.63, 3.8) is 0 Å². The summed E-state index contributed by atoms with van der Waals surface area (Å²) in [5, 5.41) is 26.8. The number of carbonyl (C=O) groups excluding carboxylic acids is 3. The summed E-state index contributed by atoms with van der Waals surface area (Å²) in [6.07, 6.45) is 1.56. The van der Waals surface area contributed by atoms with Crippen LogP contribution in [0.1, 0.15) is 18.2 Å². The molecule has 0 aliphatic carbocycles. The Balaban J connectivity index is 2.12. The van der Waals surface area contributed by atoms with Crippen molar-refractivity contribution in [2.45, 2.75) is 44.0 Å². The van der Waals surface area contributed by atoms with Crippen LogP contribution in [0.3, 0.4) is 0 Å². The Morgan fingerprint density at radius 3 is 2.27 bits per heavy atom. The van der Waals surface area contributed by atoms with Gasteiger partial charge < -0.3 is 36.9 Å². The van der Waals surface area contributed by atoms with Crippen molar-refractivity contribution in [3.8, 4) is 0 Å². The van der Waals surface area contributed by atoms with Crippen molar-refractivity contribution in [1.29, 1.82) is 0 Å². The predicted molar refractivity (Wildman–Crippen MR) is 117 cm³/mol. The molecule has 12 heteroatoms. The number of carboxylic acid groups (broad SMARTS) is 1.